The maximum atomic E-state index is 4.50. The molecule has 88 valence electrons. The summed E-state index contributed by atoms with van der Waals surface area (Å²) in [5.74, 6) is 1.90. The third-order valence-electron chi connectivity index (χ3n) is 2.38. The molecule has 1 aromatic heterocycles. The van der Waals surface area contributed by atoms with E-state index < -0.39 is 0 Å². The number of aliphatic imine (C=N–C) groups is 1. The van der Waals surface area contributed by atoms with Crippen LogP contribution in [0.3, 0.4) is 0 Å². The molecule has 1 aliphatic rings. The number of aryl methyl sites for hydroxylation is 1. The van der Waals surface area contributed by atoms with Crippen molar-refractivity contribution < 1.29 is 0 Å². The molecule has 0 amide bonds. The summed E-state index contributed by atoms with van der Waals surface area (Å²) in [6, 6.07) is 0. The summed E-state index contributed by atoms with van der Waals surface area (Å²) < 4.78 is 0. The van der Waals surface area contributed by atoms with E-state index in [1.54, 1.807) is 11.3 Å². The van der Waals surface area contributed by atoms with Crippen molar-refractivity contribution in [1.29, 1.82) is 0 Å². The lowest BCUT2D eigenvalue weighted by molar-refractivity contribution is 0.668. The molecule has 0 radical (unpaired) electrons. The molecule has 0 saturated heterocycles. The van der Waals surface area contributed by atoms with E-state index in [0.29, 0.717) is 0 Å². The summed E-state index contributed by atoms with van der Waals surface area (Å²) in [5.41, 5.74) is 1.18. The van der Waals surface area contributed by atoms with Crippen LogP contribution in [0.4, 0.5) is 0 Å². The summed E-state index contributed by atoms with van der Waals surface area (Å²) in [6.45, 7) is 6.18. The molecule has 0 spiro atoms. The summed E-state index contributed by atoms with van der Waals surface area (Å²) in [5, 5.41) is 7.76. The molecular formula is C11H17N3S2. The Morgan fingerprint density at radius 1 is 1.56 bits per heavy atom. The van der Waals surface area contributed by atoms with E-state index in [1.165, 1.54) is 11.4 Å². The van der Waals surface area contributed by atoms with Crippen molar-refractivity contribution in [2.45, 2.75) is 20.3 Å². The average molecular weight is 255 g/mol. The van der Waals surface area contributed by atoms with Crippen LogP contribution in [0.15, 0.2) is 10.4 Å². The zero-order chi connectivity index (χ0) is 11.4. The van der Waals surface area contributed by atoms with E-state index in [9.17, 15) is 0 Å². The molecule has 16 heavy (non-hydrogen) atoms. The predicted octanol–water partition coefficient (Wildman–Crippen LogP) is 2.32. The molecule has 0 fully saturated rings. The van der Waals surface area contributed by atoms with Gasteiger partial charge in [0.2, 0.25) is 0 Å². The highest BCUT2D eigenvalue weighted by molar-refractivity contribution is 8.13. The van der Waals surface area contributed by atoms with Gasteiger partial charge in [0.05, 0.1) is 10.7 Å². The van der Waals surface area contributed by atoms with E-state index in [0.717, 1.165) is 35.6 Å². The van der Waals surface area contributed by atoms with Crippen LogP contribution in [0.1, 0.15) is 17.6 Å². The third-order valence-corrected chi connectivity index (χ3v) is 4.48. The fourth-order valence-corrected chi connectivity index (χ4v) is 3.05. The molecule has 2 heterocycles. The standard InChI is InChI=1S/C11H17N3S2/c1-8-5-13-11(16-6-8)12-4-3-10-7-15-9(2)14-10/h7-8H,3-6H2,1-2H3,(H,12,13). The van der Waals surface area contributed by atoms with Crippen LogP contribution in [0, 0.1) is 12.8 Å². The van der Waals surface area contributed by atoms with Gasteiger partial charge in [-0.3, -0.25) is 4.99 Å². The van der Waals surface area contributed by atoms with Crippen molar-refractivity contribution in [3.63, 3.8) is 0 Å². The van der Waals surface area contributed by atoms with Crippen molar-refractivity contribution in [2.24, 2.45) is 10.9 Å². The number of thiazole rings is 1. The van der Waals surface area contributed by atoms with Crippen LogP contribution in [0.5, 0.6) is 0 Å². The van der Waals surface area contributed by atoms with Gasteiger partial charge >= 0.3 is 0 Å². The highest BCUT2D eigenvalue weighted by Crippen LogP contribution is 2.15. The van der Waals surface area contributed by atoms with Crippen LogP contribution < -0.4 is 5.32 Å². The Labute approximate surface area is 105 Å². The minimum Gasteiger partial charge on any atom is -0.365 e. The molecule has 1 unspecified atom stereocenters. The minimum atomic E-state index is 0.719. The van der Waals surface area contributed by atoms with Crippen molar-refractivity contribution in [3.05, 3.63) is 16.1 Å². The van der Waals surface area contributed by atoms with Gasteiger partial charge in [0.1, 0.15) is 0 Å². The minimum absolute atomic E-state index is 0.719. The summed E-state index contributed by atoms with van der Waals surface area (Å²) in [7, 11) is 0. The highest BCUT2D eigenvalue weighted by atomic mass is 32.2. The maximum absolute atomic E-state index is 4.50. The lowest BCUT2D eigenvalue weighted by atomic mass is 10.2. The fourth-order valence-electron chi connectivity index (χ4n) is 1.49. The summed E-state index contributed by atoms with van der Waals surface area (Å²) >= 11 is 3.55. The zero-order valence-corrected chi connectivity index (χ0v) is 11.3. The molecule has 2 rings (SSSR count). The lowest BCUT2D eigenvalue weighted by Crippen LogP contribution is -2.27. The van der Waals surface area contributed by atoms with Gasteiger partial charge in [-0.2, -0.15) is 0 Å². The SMILES string of the molecule is Cc1nc(CCNC2=NCC(C)CS2)cs1. The van der Waals surface area contributed by atoms with Gasteiger partial charge in [-0.1, -0.05) is 18.7 Å². The lowest BCUT2D eigenvalue weighted by Gasteiger charge is -2.17. The topological polar surface area (TPSA) is 37.3 Å². The second kappa shape index (κ2) is 5.68. The maximum Gasteiger partial charge on any atom is 0.156 e. The number of hydrogen-bond acceptors (Lipinski definition) is 5. The largest absolute Gasteiger partial charge is 0.365 e. The summed E-state index contributed by atoms with van der Waals surface area (Å²) in [4.78, 5) is 8.93. The molecule has 1 atom stereocenters. The molecule has 0 aliphatic carbocycles. The molecule has 5 heteroatoms. The molecule has 0 bridgehead atoms. The monoisotopic (exact) mass is 255 g/mol. The van der Waals surface area contributed by atoms with E-state index in [1.807, 2.05) is 18.7 Å². The number of rotatable bonds is 3. The Bertz CT molecular complexity index is 373. The predicted molar refractivity (Wildman–Crippen MR) is 72.5 cm³/mol. The second-order valence-electron chi connectivity index (χ2n) is 4.10. The fraction of sp³-hybridized carbons (Fsp3) is 0.636. The van der Waals surface area contributed by atoms with Crippen LogP contribution in [0.25, 0.3) is 0 Å². The Morgan fingerprint density at radius 3 is 3.06 bits per heavy atom. The van der Waals surface area contributed by atoms with Gasteiger partial charge in [-0.25, -0.2) is 4.98 Å². The smallest absolute Gasteiger partial charge is 0.156 e. The molecular weight excluding hydrogens is 238 g/mol. The molecule has 3 nitrogen and oxygen atoms in total. The van der Waals surface area contributed by atoms with E-state index in [2.05, 4.69) is 27.6 Å². The molecule has 0 aromatic carbocycles. The van der Waals surface area contributed by atoms with Crippen molar-refractivity contribution in [1.82, 2.24) is 10.3 Å². The van der Waals surface area contributed by atoms with Gasteiger partial charge in [0.15, 0.2) is 5.17 Å². The third kappa shape index (κ3) is 3.49. The van der Waals surface area contributed by atoms with Crippen LogP contribution in [-0.2, 0) is 6.42 Å². The van der Waals surface area contributed by atoms with Gasteiger partial charge in [0.25, 0.3) is 0 Å². The van der Waals surface area contributed by atoms with E-state index >= 15 is 0 Å². The van der Waals surface area contributed by atoms with Gasteiger partial charge < -0.3 is 5.32 Å². The van der Waals surface area contributed by atoms with Gasteiger partial charge in [-0.15, -0.1) is 11.3 Å². The van der Waals surface area contributed by atoms with Crippen molar-refractivity contribution in [3.8, 4) is 0 Å². The molecule has 1 aliphatic heterocycles. The molecule has 1 aromatic rings. The number of amidine groups is 1. The number of nitrogens with zero attached hydrogens (tertiary/aromatic N) is 2. The first kappa shape index (κ1) is 11.9. The van der Waals surface area contributed by atoms with Crippen LogP contribution in [0.2, 0.25) is 0 Å². The van der Waals surface area contributed by atoms with E-state index in [-0.39, 0.29) is 0 Å². The quantitative estimate of drug-likeness (QED) is 0.900. The van der Waals surface area contributed by atoms with Gasteiger partial charge in [-0.05, 0) is 12.8 Å². The Balaban J connectivity index is 1.72. The first-order chi connectivity index (χ1) is 7.74. The Morgan fingerprint density at radius 2 is 2.44 bits per heavy atom. The van der Waals surface area contributed by atoms with Gasteiger partial charge in [0, 0.05) is 30.6 Å². The highest BCUT2D eigenvalue weighted by Gasteiger charge is 2.11. The average Bonchev–Trinajstić information content (AvgIpc) is 2.67. The van der Waals surface area contributed by atoms with Crippen molar-refractivity contribution in [2.75, 3.05) is 18.8 Å². The first-order valence-electron chi connectivity index (χ1n) is 5.56. The number of aromatic nitrogens is 1. The first-order valence-corrected chi connectivity index (χ1v) is 7.42. The molecule has 1 N–H and O–H groups in total. The second-order valence-corrected chi connectivity index (χ2v) is 6.17. The van der Waals surface area contributed by atoms with Crippen molar-refractivity contribution >= 4 is 28.3 Å². The number of thioether (sulfide) groups is 1. The summed E-state index contributed by atoms with van der Waals surface area (Å²) in [6.07, 6.45) is 0.986. The normalized spacial score (nSPS) is 20.6. The van der Waals surface area contributed by atoms with Crippen LogP contribution in [-0.4, -0.2) is 29.0 Å². The van der Waals surface area contributed by atoms with E-state index in [4.69, 9.17) is 0 Å². The number of hydrogen-bond donors (Lipinski definition) is 1. The zero-order valence-electron chi connectivity index (χ0n) is 9.69. The Hall–Kier alpha value is -0.550. The Kier molecular flexibility index (Phi) is 4.23. The number of nitrogens with one attached hydrogen (secondary N) is 1. The van der Waals surface area contributed by atoms with Crippen LogP contribution >= 0.6 is 23.1 Å². The molecule has 0 saturated carbocycles.